The Morgan fingerprint density at radius 1 is 1.00 bits per heavy atom. The summed E-state index contributed by atoms with van der Waals surface area (Å²) in [6.07, 6.45) is -1.23. The van der Waals surface area contributed by atoms with Crippen LogP contribution in [-0.4, -0.2) is 70.1 Å². The molecule has 2 aliphatic heterocycles. The molecule has 2 aliphatic rings. The van der Waals surface area contributed by atoms with Crippen LogP contribution < -0.4 is 10.2 Å². The summed E-state index contributed by atoms with van der Waals surface area (Å²) in [4.78, 5) is 31.8. The van der Waals surface area contributed by atoms with Gasteiger partial charge in [0.05, 0.1) is 18.8 Å². The van der Waals surface area contributed by atoms with E-state index in [1.165, 1.54) is 0 Å². The van der Waals surface area contributed by atoms with E-state index < -0.39 is 6.10 Å². The molecular weight excluding hydrogens is 432 g/mol. The Morgan fingerprint density at radius 3 is 2.41 bits per heavy atom. The SMILES string of the molecule is CN1CCN(c2ccc(C(=O)Nc3n[nH]c4c3CN(C(=O)C(O)c3ccccc3)C4)cc2)CC1. The number of nitrogens with zero attached hydrogens (tertiary/aromatic N) is 4. The third-order valence-electron chi connectivity index (χ3n) is 6.54. The van der Waals surface area contributed by atoms with Gasteiger partial charge in [0.15, 0.2) is 11.9 Å². The van der Waals surface area contributed by atoms with Crippen LogP contribution in [0.3, 0.4) is 0 Å². The zero-order chi connectivity index (χ0) is 23.7. The lowest BCUT2D eigenvalue weighted by molar-refractivity contribution is -0.141. The third kappa shape index (κ3) is 4.40. The van der Waals surface area contributed by atoms with Gasteiger partial charge in [-0.1, -0.05) is 30.3 Å². The minimum absolute atomic E-state index is 0.256. The highest BCUT2D eigenvalue weighted by Gasteiger charge is 2.32. The van der Waals surface area contributed by atoms with Crippen molar-refractivity contribution in [2.75, 3.05) is 43.4 Å². The van der Waals surface area contributed by atoms with Gasteiger partial charge in [-0.05, 0) is 36.9 Å². The molecule has 0 aliphatic carbocycles. The predicted octanol–water partition coefficient (Wildman–Crippen LogP) is 1.99. The van der Waals surface area contributed by atoms with Crippen molar-refractivity contribution >= 4 is 23.3 Å². The maximum Gasteiger partial charge on any atom is 0.256 e. The number of aromatic nitrogens is 2. The molecule has 0 radical (unpaired) electrons. The second-order valence-electron chi connectivity index (χ2n) is 8.83. The molecule has 2 amide bonds. The van der Waals surface area contributed by atoms with Crippen molar-refractivity contribution in [3.63, 3.8) is 0 Å². The van der Waals surface area contributed by atoms with Crippen LogP contribution >= 0.6 is 0 Å². The predicted molar refractivity (Wildman–Crippen MR) is 128 cm³/mol. The number of anilines is 2. The number of likely N-dealkylation sites (N-methyl/N-ethyl adjacent to an activating group) is 1. The van der Waals surface area contributed by atoms with E-state index in [4.69, 9.17) is 0 Å². The second kappa shape index (κ2) is 9.28. The molecular formula is C25H28N6O3. The van der Waals surface area contributed by atoms with E-state index in [2.05, 4.69) is 32.4 Å². The lowest BCUT2D eigenvalue weighted by Gasteiger charge is -2.34. The first-order chi connectivity index (χ1) is 16.5. The van der Waals surface area contributed by atoms with Gasteiger partial charge in [-0.25, -0.2) is 0 Å². The first kappa shape index (κ1) is 22.1. The van der Waals surface area contributed by atoms with Crippen molar-refractivity contribution in [3.05, 3.63) is 77.0 Å². The first-order valence-corrected chi connectivity index (χ1v) is 11.4. The molecule has 1 unspecified atom stereocenters. The standard InChI is InChI=1S/C25H28N6O3/c1-29-11-13-30(14-12-29)19-9-7-18(8-10-19)24(33)26-23-20-15-31(16-21(20)27-28-23)25(34)22(32)17-5-3-2-4-6-17/h2-10,22,32H,11-16H2,1H3,(H2,26,27,28,33). The quantitative estimate of drug-likeness (QED) is 0.538. The van der Waals surface area contributed by atoms with Gasteiger partial charge in [-0.3, -0.25) is 14.7 Å². The molecule has 2 aromatic carbocycles. The average Bonchev–Trinajstić information content (AvgIpc) is 3.46. The topological polar surface area (TPSA) is 105 Å². The van der Waals surface area contributed by atoms with Crippen molar-refractivity contribution in [2.45, 2.75) is 19.2 Å². The van der Waals surface area contributed by atoms with Crippen LogP contribution in [0.1, 0.15) is 33.3 Å². The Balaban J connectivity index is 1.22. The van der Waals surface area contributed by atoms with Gasteiger partial charge in [0.2, 0.25) is 0 Å². The zero-order valence-corrected chi connectivity index (χ0v) is 19.1. The highest BCUT2D eigenvalue weighted by Crippen LogP contribution is 2.30. The van der Waals surface area contributed by atoms with Crippen LogP contribution in [0.25, 0.3) is 0 Å². The number of H-pyrrole nitrogens is 1. The maximum absolute atomic E-state index is 12.8. The summed E-state index contributed by atoms with van der Waals surface area (Å²) in [5.74, 6) is -0.228. The van der Waals surface area contributed by atoms with Crippen LogP contribution in [0.4, 0.5) is 11.5 Å². The number of carbonyl (C=O) groups excluding carboxylic acids is 2. The molecule has 5 rings (SSSR count). The summed E-state index contributed by atoms with van der Waals surface area (Å²) < 4.78 is 0. The summed E-state index contributed by atoms with van der Waals surface area (Å²) in [6.45, 7) is 4.56. The van der Waals surface area contributed by atoms with Gasteiger partial charge in [0.25, 0.3) is 11.8 Å². The van der Waals surface area contributed by atoms with Gasteiger partial charge in [0.1, 0.15) is 0 Å². The summed E-state index contributed by atoms with van der Waals surface area (Å²) in [5, 5.41) is 20.5. The molecule has 9 heteroatoms. The van der Waals surface area contributed by atoms with Gasteiger partial charge < -0.3 is 25.1 Å². The van der Waals surface area contributed by atoms with E-state index in [0.29, 0.717) is 23.5 Å². The third-order valence-corrected chi connectivity index (χ3v) is 6.54. The molecule has 34 heavy (non-hydrogen) atoms. The molecule has 1 fully saturated rings. The molecule has 3 aromatic rings. The molecule has 1 saturated heterocycles. The fourth-order valence-electron chi connectivity index (χ4n) is 4.42. The lowest BCUT2D eigenvalue weighted by atomic mass is 10.1. The van der Waals surface area contributed by atoms with Crippen molar-refractivity contribution < 1.29 is 14.7 Å². The van der Waals surface area contributed by atoms with Crippen LogP contribution in [0, 0.1) is 0 Å². The number of amides is 2. The lowest BCUT2D eigenvalue weighted by Crippen LogP contribution is -2.44. The molecule has 0 saturated carbocycles. The van der Waals surface area contributed by atoms with E-state index in [0.717, 1.165) is 43.1 Å². The number of hydrogen-bond donors (Lipinski definition) is 3. The first-order valence-electron chi connectivity index (χ1n) is 11.4. The van der Waals surface area contributed by atoms with Crippen molar-refractivity contribution in [3.8, 4) is 0 Å². The Hall–Kier alpha value is -3.69. The van der Waals surface area contributed by atoms with E-state index in [1.807, 2.05) is 30.3 Å². The highest BCUT2D eigenvalue weighted by atomic mass is 16.3. The number of rotatable bonds is 5. The van der Waals surface area contributed by atoms with Gasteiger partial charge in [0, 0.05) is 43.0 Å². The molecule has 176 valence electrons. The van der Waals surface area contributed by atoms with Crippen LogP contribution in [0.5, 0.6) is 0 Å². The number of nitrogens with one attached hydrogen (secondary N) is 2. The molecule has 3 heterocycles. The largest absolute Gasteiger partial charge is 0.378 e. The molecule has 1 atom stereocenters. The zero-order valence-electron chi connectivity index (χ0n) is 19.1. The molecule has 0 spiro atoms. The van der Waals surface area contributed by atoms with Crippen LogP contribution in [0.15, 0.2) is 54.6 Å². The number of aliphatic hydroxyl groups excluding tert-OH is 1. The Labute approximate surface area is 198 Å². The number of fused-ring (bicyclic) bond motifs is 1. The number of hydrogen-bond acceptors (Lipinski definition) is 6. The molecule has 3 N–H and O–H groups in total. The number of carbonyl (C=O) groups is 2. The van der Waals surface area contributed by atoms with Crippen molar-refractivity contribution in [1.82, 2.24) is 20.0 Å². The van der Waals surface area contributed by atoms with Gasteiger partial charge in [-0.15, -0.1) is 0 Å². The highest BCUT2D eigenvalue weighted by molar-refractivity contribution is 6.04. The smallest absolute Gasteiger partial charge is 0.256 e. The summed E-state index contributed by atoms with van der Waals surface area (Å²) in [6, 6.07) is 16.4. The average molecular weight is 461 g/mol. The summed E-state index contributed by atoms with van der Waals surface area (Å²) >= 11 is 0. The summed E-state index contributed by atoms with van der Waals surface area (Å²) in [5.41, 5.74) is 3.72. The Bertz CT molecular complexity index is 1170. The van der Waals surface area contributed by atoms with E-state index >= 15 is 0 Å². The van der Waals surface area contributed by atoms with Crippen LogP contribution in [-0.2, 0) is 17.9 Å². The fourth-order valence-corrected chi connectivity index (χ4v) is 4.42. The van der Waals surface area contributed by atoms with E-state index in [-0.39, 0.29) is 18.4 Å². The molecule has 1 aromatic heterocycles. The number of aromatic amines is 1. The maximum atomic E-state index is 12.8. The van der Waals surface area contributed by atoms with Crippen molar-refractivity contribution in [1.29, 1.82) is 0 Å². The van der Waals surface area contributed by atoms with E-state index in [9.17, 15) is 14.7 Å². The summed E-state index contributed by atoms with van der Waals surface area (Å²) in [7, 11) is 2.12. The Morgan fingerprint density at radius 2 is 1.71 bits per heavy atom. The minimum atomic E-state index is -1.23. The van der Waals surface area contributed by atoms with Crippen molar-refractivity contribution in [2.24, 2.45) is 0 Å². The second-order valence-corrected chi connectivity index (χ2v) is 8.83. The van der Waals surface area contributed by atoms with Gasteiger partial charge >= 0.3 is 0 Å². The fraction of sp³-hybridized carbons (Fsp3) is 0.320. The number of piperazine rings is 1. The van der Waals surface area contributed by atoms with E-state index in [1.54, 1.807) is 29.2 Å². The monoisotopic (exact) mass is 460 g/mol. The number of aliphatic hydroxyl groups is 1. The van der Waals surface area contributed by atoms with Gasteiger partial charge in [-0.2, -0.15) is 5.10 Å². The normalized spacial score (nSPS) is 16.9. The molecule has 0 bridgehead atoms. The molecule has 9 nitrogen and oxygen atoms in total. The number of benzene rings is 2. The van der Waals surface area contributed by atoms with Crippen LogP contribution in [0.2, 0.25) is 0 Å². The minimum Gasteiger partial charge on any atom is -0.378 e. The Kier molecular flexibility index (Phi) is 6.04.